The highest BCUT2D eigenvalue weighted by Gasteiger charge is 2.21. The molecule has 0 spiro atoms. The van der Waals surface area contributed by atoms with E-state index in [0.29, 0.717) is 17.4 Å². The minimum atomic E-state index is -4.62. The van der Waals surface area contributed by atoms with E-state index in [1.807, 2.05) is 21.1 Å². The van der Waals surface area contributed by atoms with Gasteiger partial charge >= 0.3 is 11.9 Å². The smallest absolute Gasteiger partial charge is 0.306 e. The lowest BCUT2D eigenvalue weighted by atomic mass is 10.1. The van der Waals surface area contributed by atoms with E-state index in [2.05, 4.69) is 38.2 Å². The molecular formula is C43H82NO8P. The maximum absolute atomic E-state index is 12.6. The molecule has 0 bridgehead atoms. The zero-order chi connectivity index (χ0) is 39.3. The maximum Gasteiger partial charge on any atom is 0.306 e. The number of hydrogen-bond donors (Lipinski definition) is 0. The van der Waals surface area contributed by atoms with Gasteiger partial charge in [-0.1, -0.05) is 154 Å². The van der Waals surface area contributed by atoms with Crippen molar-refractivity contribution in [3.05, 3.63) is 24.3 Å². The highest BCUT2D eigenvalue weighted by Crippen LogP contribution is 2.38. The predicted octanol–water partition coefficient (Wildman–Crippen LogP) is 11.3. The van der Waals surface area contributed by atoms with Crippen molar-refractivity contribution in [3.8, 4) is 0 Å². The Balaban J connectivity index is 4.28. The van der Waals surface area contributed by atoms with Crippen LogP contribution >= 0.6 is 7.82 Å². The van der Waals surface area contributed by atoms with E-state index in [9.17, 15) is 19.0 Å². The quantitative estimate of drug-likeness (QED) is 0.0200. The first kappa shape index (κ1) is 51.5. The van der Waals surface area contributed by atoms with Crippen LogP contribution in [0, 0.1) is 0 Å². The third-order valence-electron chi connectivity index (χ3n) is 9.22. The molecule has 312 valence electrons. The Bertz CT molecular complexity index is 964. The number of nitrogens with zero attached hydrogens (tertiary/aromatic N) is 1. The Hall–Kier alpha value is -1.51. The third-order valence-corrected chi connectivity index (χ3v) is 10.2. The van der Waals surface area contributed by atoms with E-state index in [1.54, 1.807) is 0 Å². The van der Waals surface area contributed by atoms with Gasteiger partial charge in [0.15, 0.2) is 6.10 Å². The molecule has 0 rings (SSSR count). The van der Waals surface area contributed by atoms with Gasteiger partial charge in [0.25, 0.3) is 7.82 Å². The minimum absolute atomic E-state index is 0.0297. The van der Waals surface area contributed by atoms with Gasteiger partial charge in [0, 0.05) is 12.8 Å². The number of hydrogen-bond acceptors (Lipinski definition) is 8. The number of phosphoric ester groups is 1. The summed E-state index contributed by atoms with van der Waals surface area (Å²) >= 11 is 0. The minimum Gasteiger partial charge on any atom is -0.756 e. The average molecular weight is 772 g/mol. The van der Waals surface area contributed by atoms with Crippen LogP contribution in [0.25, 0.3) is 0 Å². The number of ether oxygens (including phenoxy) is 2. The van der Waals surface area contributed by atoms with Crippen LogP contribution in [0.5, 0.6) is 0 Å². The molecule has 10 heteroatoms. The first-order valence-electron chi connectivity index (χ1n) is 21.5. The number of carbonyl (C=O) groups is 2. The van der Waals surface area contributed by atoms with Gasteiger partial charge in [0.05, 0.1) is 27.7 Å². The summed E-state index contributed by atoms with van der Waals surface area (Å²) in [6.45, 7) is 4.19. The van der Waals surface area contributed by atoms with Gasteiger partial charge in [-0.2, -0.15) is 0 Å². The second kappa shape index (κ2) is 36.1. The topological polar surface area (TPSA) is 111 Å². The lowest BCUT2D eigenvalue weighted by Gasteiger charge is -2.28. The van der Waals surface area contributed by atoms with Crippen molar-refractivity contribution in [2.45, 2.75) is 193 Å². The summed E-state index contributed by atoms with van der Waals surface area (Å²) in [5.41, 5.74) is 0. The van der Waals surface area contributed by atoms with E-state index in [-0.39, 0.29) is 32.0 Å². The zero-order valence-electron chi connectivity index (χ0n) is 35.0. The second-order valence-corrected chi connectivity index (χ2v) is 17.1. The fourth-order valence-corrected chi connectivity index (χ4v) is 6.53. The highest BCUT2D eigenvalue weighted by atomic mass is 31.2. The standard InChI is InChI=1S/C43H82NO8P/c1-6-8-10-12-14-16-18-19-20-21-22-23-24-25-26-28-29-31-33-35-42(45)49-39-41(40-51-53(47,48)50-38-37-44(3,4)5)52-43(46)36-34-32-30-27-17-15-13-11-9-7-2/h14,16,19-20,41H,6-13,15,17-18,21-40H2,1-5H3/b16-14+,20-19+/t41-/m0/s1. The number of quaternary nitrogens is 1. The molecule has 0 saturated heterocycles. The Labute approximate surface area is 326 Å². The van der Waals surface area contributed by atoms with Crippen LogP contribution in [0.1, 0.15) is 187 Å². The van der Waals surface area contributed by atoms with Crippen molar-refractivity contribution >= 4 is 19.8 Å². The molecule has 9 nitrogen and oxygen atoms in total. The monoisotopic (exact) mass is 772 g/mol. The maximum atomic E-state index is 12.6. The Morgan fingerprint density at radius 1 is 0.585 bits per heavy atom. The Morgan fingerprint density at radius 3 is 1.53 bits per heavy atom. The molecule has 0 aliphatic rings. The normalized spacial score (nSPS) is 13.8. The molecule has 0 aromatic carbocycles. The first-order chi connectivity index (χ1) is 25.5. The van der Waals surface area contributed by atoms with Gasteiger partial charge in [-0.15, -0.1) is 0 Å². The molecule has 0 radical (unpaired) electrons. The molecule has 0 heterocycles. The van der Waals surface area contributed by atoms with Crippen LogP contribution in [-0.4, -0.2) is 70.0 Å². The number of likely N-dealkylation sites (N-methyl/N-ethyl adjacent to an activating group) is 1. The van der Waals surface area contributed by atoms with Crippen LogP contribution < -0.4 is 4.89 Å². The van der Waals surface area contributed by atoms with E-state index in [4.69, 9.17) is 18.5 Å². The number of esters is 2. The summed E-state index contributed by atoms with van der Waals surface area (Å²) in [4.78, 5) is 37.4. The number of rotatable bonds is 39. The van der Waals surface area contributed by atoms with Crippen molar-refractivity contribution < 1.29 is 42.1 Å². The summed E-state index contributed by atoms with van der Waals surface area (Å²) in [5.74, 6) is -0.837. The van der Waals surface area contributed by atoms with Gasteiger partial charge in [0.2, 0.25) is 0 Å². The molecule has 0 aliphatic carbocycles. The lowest BCUT2D eigenvalue weighted by molar-refractivity contribution is -0.870. The molecule has 0 fully saturated rings. The average Bonchev–Trinajstić information content (AvgIpc) is 3.10. The zero-order valence-corrected chi connectivity index (χ0v) is 35.9. The molecule has 0 amide bonds. The van der Waals surface area contributed by atoms with Crippen LogP contribution in [0.2, 0.25) is 0 Å². The van der Waals surface area contributed by atoms with Crippen molar-refractivity contribution in [1.29, 1.82) is 0 Å². The van der Waals surface area contributed by atoms with E-state index in [1.165, 1.54) is 109 Å². The number of unbranched alkanes of at least 4 members (excludes halogenated alkanes) is 21. The number of allylic oxidation sites excluding steroid dienone is 4. The van der Waals surface area contributed by atoms with E-state index in [0.717, 1.165) is 44.9 Å². The number of carbonyl (C=O) groups excluding carboxylic acids is 2. The fourth-order valence-electron chi connectivity index (χ4n) is 5.80. The van der Waals surface area contributed by atoms with Crippen LogP contribution in [0.4, 0.5) is 0 Å². The SMILES string of the molecule is CCCCC/C=C/C/C=C/CCCCCCCCCCCC(=O)OC[C@@H](COP(=O)([O-])OCC[N+](C)(C)C)OC(=O)CCCCCCCCCCCC. The fraction of sp³-hybridized carbons (Fsp3) is 0.860. The number of phosphoric acid groups is 1. The van der Waals surface area contributed by atoms with Crippen molar-refractivity contribution in [3.63, 3.8) is 0 Å². The molecule has 0 aliphatic heterocycles. The van der Waals surface area contributed by atoms with Gasteiger partial charge in [0.1, 0.15) is 19.8 Å². The van der Waals surface area contributed by atoms with Gasteiger partial charge in [-0.25, -0.2) is 0 Å². The summed E-state index contributed by atoms with van der Waals surface area (Å²) in [7, 11) is 1.17. The van der Waals surface area contributed by atoms with Crippen molar-refractivity contribution in [2.24, 2.45) is 0 Å². The molecule has 53 heavy (non-hydrogen) atoms. The Kier molecular flexibility index (Phi) is 35.1. The summed E-state index contributed by atoms with van der Waals surface area (Å²) in [6, 6.07) is 0. The van der Waals surface area contributed by atoms with Crippen LogP contribution in [-0.2, 0) is 32.7 Å². The molecule has 0 N–H and O–H groups in total. The largest absolute Gasteiger partial charge is 0.756 e. The van der Waals surface area contributed by atoms with Crippen LogP contribution in [0.15, 0.2) is 24.3 Å². The molecule has 2 atom stereocenters. The van der Waals surface area contributed by atoms with Crippen molar-refractivity contribution in [1.82, 2.24) is 0 Å². The highest BCUT2D eigenvalue weighted by molar-refractivity contribution is 7.45. The van der Waals surface area contributed by atoms with Gasteiger partial charge < -0.3 is 27.9 Å². The molecular weight excluding hydrogens is 689 g/mol. The third kappa shape index (κ3) is 40.0. The van der Waals surface area contributed by atoms with E-state index < -0.39 is 26.5 Å². The Morgan fingerprint density at radius 2 is 1.02 bits per heavy atom. The molecule has 0 saturated carbocycles. The first-order valence-corrected chi connectivity index (χ1v) is 23.0. The van der Waals surface area contributed by atoms with Gasteiger partial charge in [-0.3, -0.25) is 14.2 Å². The summed E-state index contributed by atoms with van der Waals surface area (Å²) in [5, 5.41) is 0. The van der Waals surface area contributed by atoms with E-state index >= 15 is 0 Å². The molecule has 0 aromatic rings. The van der Waals surface area contributed by atoms with Crippen LogP contribution in [0.3, 0.4) is 0 Å². The molecule has 1 unspecified atom stereocenters. The predicted molar refractivity (Wildman–Crippen MR) is 218 cm³/mol. The van der Waals surface area contributed by atoms with Crippen molar-refractivity contribution in [2.75, 3.05) is 47.5 Å². The second-order valence-electron chi connectivity index (χ2n) is 15.7. The van der Waals surface area contributed by atoms with Gasteiger partial charge in [-0.05, 0) is 44.9 Å². The lowest BCUT2D eigenvalue weighted by Crippen LogP contribution is -2.37. The summed E-state index contributed by atoms with van der Waals surface area (Å²) < 4.78 is 33.8. The summed E-state index contributed by atoms with van der Waals surface area (Å²) in [6.07, 6.45) is 37.7. The molecule has 0 aromatic heterocycles.